The molecule has 3 aromatic rings. The number of hydrogen-bond acceptors (Lipinski definition) is 8. The van der Waals surface area contributed by atoms with Gasteiger partial charge < -0.3 is 29.7 Å². The second-order valence-electron chi connectivity index (χ2n) is 19.0. The Labute approximate surface area is 385 Å². The van der Waals surface area contributed by atoms with Crippen LogP contribution in [-0.2, 0) is 19.1 Å². The normalized spacial score (nSPS) is 20.3. The van der Waals surface area contributed by atoms with Gasteiger partial charge >= 0.3 is 11.9 Å². The molecule has 6 rings (SSSR count). The van der Waals surface area contributed by atoms with Crippen LogP contribution in [0.1, 0.15) is 189 Å². The molecular weight excluding hydrogens is 813 g/mol. The molecule has 0 unspecified atom stereocenters. The van der Waals surface area contributed by atoms with Gasteiger partial charge in [0.1, 0.15) is 18.3 Å². The molecule has 5 heterocycles. The number of carbonyl (C=O) groups excluding carboxylic acids is 2. The Morgan fingerprint density at radius 1 is 0.738 bits per heavy atom. The number of aromatic nitrogens is 4. The van der Waals surface area contributed by atoms with Gasteiger partial charge in [-0.05, 0) is 142 Å². The first-order valence-corrected chi connectivity index (χ1v) is 23.7. The molecule has 0 fully saturated rings. The molecule has 0 saturated carbocycles. The summed E-state index contributed by atoms with van der Waals surface area (Å²) in [6.45, 7) is 23.0. The minimum absolute atomic E-state index is 0.0820. The number of hydrogen-bond donors (Lipinski definition) is 4. The summed E-state index contributed by atoms with van der Waals surface area (Å²) in [4.78, 5) is 44.7. The predicted octanol–water partition coefficient (Wildman–Crippen LogP) is 12.2. The van der Waals surface area contributed by atoms with Gasteiger partial charge in [0, 0.05) is 74.2 Å². The van der Waals surface area contributed by atoms with Crippen LogP contribution < -0.4 is 10.4 Å². The number of esters is 2. The summed E-state index contributed by atoms with van der Waals surface area (Å²) in [7, 11) is 1.32. The van der Waals surface area contributed by atoms with E-state index in [0.29, 0.717) is 28.4 Å². The number of nitrogens with one attached hydrogen (secondary N) is 2. The lowest BCUT2D eigenvalue weighted by molar-refractivity contribution is -0.143. The lowest BCUT2D eigenvalue weighted by Gasteiger charge is -2.19. The third-order valence-corrected chi connectivity index (χ3v) is 14.0. The SMILES string of the molecule is CC[C@H]1c2cc3[nH]c4c(c5nc(cc6[nH]c(cc(n2)[C@@H]1C)/c(=C(\C)O)c6C)[C@@H](C)[C@@H]5CCC(=O)OC/C=C(\C)CC/C=C(\C)CC/C=C(\C)CCC=C(C)C)[C@@H](C(=O)OC)C(O)=c4c3C. The fourth-order valence-electron chi connectivity index (χ4n) is 9.98. The van der Waals surface area contributed by atoms with E-state index >= 15 is 0 Å². The van der Waals surface area contributed by atoms with E-state index in [1.807, 2.05) is 32.1 Å². The molecule has 0 radical (unpaired) electrons. The zero-order chi connectivity index (χ0) is 47.3. The average Bonchev–Trinajstić information content (AvgIpc) is 4.00. The van der Waals surface area contributed by atoms with E-state index in [0.717, 1.165) is 94.9 Å². The quantitative estimate of drug-likeness (QED) is 0.0820. The van der Waals surface area contributed by atoms with Gasteiger partial charge in [-0.15, -0.1) is 0 Å². The van der Waals surface area contributed by atoms with Crippen molar-refractivity contribution in [3.63, 3.8) is 0 Å². The molecule has 10 heteroatoms. The van der Waals surface area contributed by atoms with Crippen molar-refractivity contribution in [1.82, 2.24) is 19.9 Å². The maximum Gasteiger partial charge on any atom is 0.321 e. The number of ether oxygens (including phenoxy) is 2. The molecule has 10 nitrogen and oxygen atoms in total. The predicted molar refractivity (Wildman–Crippen MR) is 263 cm³/mol. The average molecular weight is 885 g/mol. The fraction of sp³-hybridized carbons (Fsp3) is 0.491. The van der Waals surface area contributed by atoms with Crippen LogP contribution in [0.3, 0.4) is 0 Å². The Morgan fingerprint density at radius 2 is 1.31 bits per heavy atom. The first-order valence-electron chi connectivity index (χ1n) is 23.7. The van der Waals surface area contributed by atoms with Crippen LogP contribution >= 0.6 is 0 Å². The maximum absolute atomic E-state index is 13.7. The number of aromatic amines is 2. The molecule has 3 aromatic heterocycles. The lowest BCUT2D eigenvalue weighted by Crippen LogP contribution is -2.18. The summed E-state index contributed by atoms with van der Waals surface area (Å²) in [6.07, 6.45) is 16.5. The highest BCUT2D eigenvalue weighted by atomic mass is 16.5. The van der Waals surface area contributed by atoms with Gasteiger partial charge in [0.25, 0.3) is 0 Å². The molecule has 65 heavy (non-hydrogen) atoms. The fourth-order valence-corrected chi connectivity index (χ4v) is 9.98. The van der Waals surface area contributed by atoms with Crippen molar-refractivity contribution in [3.8, 4) is 0 Å². The Hall–Kier alpha value is -5.64. The summed E-state index contributed by atoms with van der Waals surface area (Å²) in [5.74, 6) is -2.11. The van der Waals surface area contributed by atoms with E-state index in [1.54, 1.807) is 6.92 Å². The van der Waals surface area contributed by atoms with Crippen LogP contribution in [0.25, 0.3) is 33.6 Å². The van der Waals surface area contributed by atoms with Gasteiger partial charge in [0.2, 0.25) is 0 Å². The summed E-state index contributed by atoms with van der Waals surface area (Å²) >= 11 is 0. The van der Waals surface area contributed by atoms with Crippen molar-refractivity contribution in [2.45, 2.75) is 164 Å². The first kappa shape index (κ1) is 48.8. The van der Waals surface area contributed by atoms with Crippen molar-refractivity contribution in [2.75, 3.05) is 13.7 Å². The van der Waals surface area contributed by atoms with Gasteiger partial charge in [-0.1, -0.05) is 61.3 Å². The molecule has 0 saturated heterocycles. The van der Waals surface area contributed by atoms with E-state index in [2.05, 4.69) is 89.7 Å². The van der Waals surface area contributed by atoms with E-state index in [-0.39, 0.29) is 54.2 Å². The van der Waals surface area contributed by atoms with Crippen LogP contribution in [0.5, 0.6) is 0 Å². The number of methoxy groups -OCH3 is 1. The van der Waals surface area contributed by atoms with E-state index < -0.39 is 11.9 Å². The molecular formula is C55H72N4O6. The third kappa shape index (κ3) is 10.7. The highest BCUT2D eigenvalue weighted by Gasteiger charge is 2.41. The van der Waals surface area contributed by atoms with Crippen molar-refractivity contribution >= 4 is 45.5 Å². The van der Waals surface area contributed by atoms with Gasteiger partial charge in [0.05, 0.1) is 29.6 Å². The van der Waals surface area contributed by atoms with Gasteiger partial charge in [-0.2, -0.15) is 0 Å². The van der Waals surface area contributed by atoms with E-state index in [1.165, 1.54) is 29.4 Å². The number of fused-ring (bicyclic) bond motifs is 8. The standard InChI is InChI=1S/C55H72N4O6/c1-13-39-34(7)41-29-46-48(38(11)60)36(9)43(57-46)27-42-35(8)40(52(58-42)50-51(55(63)64-12)54(62)49-37(10)44(59-53(49)50)28-45(39)56-41)23-24-47(61)65-26-25-33(6)22-16-21-32(5)20-15-19-31(4)18-14-17-30(2)3/h17,19,21,25,27-29,34-35,39-40,51,57,59-60,62H,13-16,18,20,22-24,26H2,1-12H3/b31-19+,32-21+,33-25+,42-27?,45-28?,46-29?,48-38+/t34-,35+,39-,40+,51-/m1/s1. The van der Waals surface area contributed by atoms with Crippen molar-refractivity contribution in [3.05, 3.63) is 115 Å². The summed E-state index contributed by atoms with van der Waals surface area (Å²) in [5.41, 5.74) is 13.8. The van der Waals surface area contributed by atoms with E-state index in [4.69, 9.17) is 19.4 Å². The largest absolute Gasteiger partial charge is 0.512 e. The van der Waals surface area contributed by atoms with Crippen LogP contribution in [-0.4, -0.2) is 55.8 Å². The first-order chi connectivity index (χ1) is 30.9. The number of aliphatic hydroxyl groups excluding tert-OH is 2. The molecule has 1 aliphatic carbocycles. The number of aryl methyl sites for hydroxylation is 2. The second kappa shape index (κ2) is 21.1. The van der Waals surface area contributed by atoms with Crippen LogP contribution in [0.2, 0.25) is 0 Å². The smallest absolute Gasteiger partial charge is 0.321 e. The number of allylic oxidation sites excluding steroid dienone is 7. The highest BCUT2D eigenvalue weighted by molar-refractivity contribution is 5.96. The zero-order valence-electron chi connectivity index (χ0n) is 40.9. The Bertz CT molecular complexity index is 2740. The lowest BCUT2D eigenvalue weighted by atomic mass is 9.84. The van der Waals surface area contributed by atoms with Crippen LogP contribution in [0, 0.1) is 13.8 Å². The second-order valence-corrected chi connectivity index (χ2v) is 19.0. The zero-order valence-corrected chi connectivity index (χ0v) is 40.9. The number of carbonyl (C=O) groups is 2. The van der Waals surface area contributed by atoms with E-state index in [9.17, 15) is 19.8 Å². The molecule has 5 atom stereocenters. The molecule has 0 aromatic carbocycles. The van der Waals surface area contributed by atoms with Gasteiger partial charge in [-0.25, -0.2) is 0 Å². The Morgan fingerprint density at radius 3 is 1.92 bits per heavy atom. The van der Waals surface area contributed by atoms with Crippen LogP contribution in [0.15, 0.2) is 64.8 Å². The topological polar surface area (TPSA) is 150 Å². The van der Waals surface area contributed by atoms with Crippen molar-refractivity contribution in [2.24, 2.45) is 0 Å². The van der Waals surface area contributed by atoms with Gasteiger partial charge in [-0.3, -0.25) is 19.6 Å². The maximum atomic E-state index is 13.7. The monoisotopic (exact) mass is 885 g/mol. The number of nitrogens with zero attached hydrogens (tertiary/aromatic N) is 2. The summed E-state index contributed by atoms with van der Waals surface area (Å²) < 4.78 is 11.1. The number of aliphatic hydroxyl groups is 2. The molecule has 0 spiro atoms. The molecule has 8 bridgehead atoms. The molecule has 2 aliphatic heterocycles. The third-order valence-electron chi connectivity index (χ3n) is 14.0. The van der Waals surface area contributed by atoms with Crippen molar-refractivity contribution < 1.29 is 29.3 Å². The summed E-state index contributed by atoms with van der Waals surface area (Å²) in [5, 5.41) is 24.2. The highest BCUT2D eigenvalue weighted by Crippen LogP contribution is 2.46. The van der Waals surface area contributed by atoms with Crippen LogP contribution in [0.4, 0.5) is 0 Å². The molecule has 0 amide bonds. The Balaban J connectivity index is 1.29. The minimum atomic E-state index is -1.10. The Kier molecular flexibility index (Phi) is 15.9. The molecule has 348 valence electrons. The summed E-state index contributed by atoms with van der Waals surface area (Å²) in [6, 6.07) is 6.10. The molecule has 4 N–H and O–H groups in total. The molecule has 3 aliphatic rings. The number of rotatable bonds is 16. The van der Waals surface area contributed by atoms with Crippen molar-refractivity contribution in [1.29, 1.82) is 0 Å². The minimum Gasteiger partial charge on any atom is -0.512 e. The number of H-pyrrole nitrogens is 2. The van der Waals surface area contributed by atoms with Gasteiger partial charge in [0.15, 0.2) is 0 Å².